The smallest absolute Gasteiger partial charge is 0.241 e. The number of rotatable bonds is 7. The molecule has 1 aromatic heterocycles. The summed E-state index contributed by atoms with van der Waals surface area (Å²) in [5.41, 5.74) is 8.80. The number of nitrogens with zero attached hydrogens (tertiary/aromatic N) is 1. The summed E-state index contributed by atoms with van der Waals surface area (Å²) >= 11 is 0. The molecule has 0 radical (unpaired) electrons. The van der Waals surface area contributed by atoms with Gasteiger partial charge in [0.15, 0.2) is 5.78 Å². The van der Waals surface area contributed by atoms with E-state index in [4.69, 9.17) is 15.2 Å². The molecule has 0 spiro atoms. The lowest BCUT2D eigenvalue weighted by Gasteiger charge is -2.14. The molecule has 0 aliphatic heterocycles. The summed E-state index contributed by atoms with van der Waals surface area (Å²) in [6, 6.07) is 19.4. The van der Waals surface area contributed by atoms with Gasteiger partial charge < -0.3 is 25.1 Å². The fourth-order valence-corrected chi connectivity index (χ4v) is 3.73. The van der Waals surface area contributed by atoms with Crippen LogP contribution in [-0.4, -0.2) is 36.5 Å². The molecule has 7 heteroatoms. The molecule has 1 amide bonds. The van der Waals surface area contributed by atoms with Gasteiger partial charge in [-0.1, -0.05) is 30.3 Å². The first-order valence-electron chi connectivity index (χ1n) is 10.5. The van der Waals surface area contributed by atoms with Crippen molar-refractivity contribution in [1.29, 1.82) is 0 Å². The summed E-state index contributed by atoms with van der Waals surface area (Å²) in [6.07, 6.45) is 1.81. The van der Waals surface area contributed by atoms with Crippen LogP contribution in [0, 0.1) is 0 Å². The molecule has 0 aliphatic carbocycles. The van der Waals surface area contributed by atoms with Gasteiger partial charge >= 0.3 is 0 Å². The number of nitrogens with two attached hydrogens (primary N) is 1. The van der Waals surface area contributed by atoms with Gasteiger partial charge in [-0.05, 0) is 37.3 Å². The third-order valence-electron chi connectivity index (χ3n) is 5.44. The number of fused-ring (bicyclic) bond motifs is 1. The molecule has 0 bridgehead atoms. The van der Waals surface area contributed by atoms with Gasteiger partial charge in [0.1, 0.15) is 11.5 Å². The highest BCUT2D eigenvalue weighted by Gasteiger charge is 2.21. The third-order valence-corrected chi connectivity index (χ3v) is 5.44. The van der Waals surface area contributed by atoms with Gasteiger partial charge in [0.05, 0.1) is 42.7 Å². The van der Waals surface area contributed by atoms with Gasteiger partial charge in [0.2, 0.25) is 5.91 Å². The maximum atomic E-state index is 13.6. The maximum absolute atomic E-state index is 13.6. The normalized spacial score (nSPS) is 11.8. The van der Waals surface area contributed by atoms with Crippen LogP contribution in [-0.2, 0) is 4.79 Å². The molecule has 4 rings (SSSR count). The van der Waals surface area contributed by atoms with Crippen LogP contribution < -0.4 is 20.5 Å². The number of hydrogen-bond acceptors (Lipinski definition) is 5. The molecule has 0 unspecified atom stereocenters. The molecule has 0 saturated carbocycles. The Morgan fingerprint density at radius 2 is 1.67 bits per heavy atom. The van der Waals surface area contributed by atoms with E-state index in [2.05, 4.69) is 5.32 Å². The molecular weight excluding hydrogens is 418 g/mol. The van der Waals surface area contributed by atoms with Gasteiger partial charge in [-0.2, -0.15) is 0 Å². The highest BCUT2D eigenvalue weighted by molar-refractivity contribution is 6.13. The van der Waals surface area contributed by atoms with E-state index in [1.54, 1.807) is 38.3 Å². The average Bonchev–Trinajstić information content (AvgIpc) is 3.21. The minimum absolute atomic E-state index is 0.191. The van der Waals surface area contributed by atoms with Crippen molar-refractivity contribution in [2.24, 2.45) is 5.73 Å². The minimum Gasteiger partial charge on any atom is -0.497 e. The van der Waals surface area contributed by atoms with E-state index in [1.165, 1.54) is 7.11 Å². The summed E-state index contributed by atoms with van der Waals surface area (Å²) < 4.78 is 12.6. The minimum atomic E-state index is -0.650. The van der Waals surface area contributed by atoms with Crippen LogP contribution in [0.25, 0.3) is 16.6 Å². The number of para-hydroxylation sites is 2. The van der Waals surface area contributed by atoms with Gasteiger partial charge in [-0.15, -0.1) is 0 Å². The first-order valence-corrected chi connectivity index (χ1v) is 10.5. The van der Waals surface area contributed by atoms with Crippen LogP contribution in [0.15, 0.2) is 72.9 Å². The molecule has 3 aromatic carbocycles. The van der Waals surface area contributed by atoms with Crippen LogP contribution in [0.1, 0.15) is 22.8 Å². The van der Waals surface area contributed by atoms with Crippen LogP contribution in [0.2, 0.25) is 0 Å². The SMILES string of the molecule is COc1ccc(C(=O)c2ccccc2-n2cc(NC(=O)[C@H](C)N)c3ccccc32)c(OC)c1. The molecule has 0 aliphatic rings. The highest BCUT2D eigenvalue weighted by atomic mass is 16.5. The number of nitrogens with one attached hydrogen (secondary N) is 1. The van der Waals surface area contributed by atoms with Crippen molar-refractivity contribution in [3.8, 4) is 17.2 Å². The van der Waals surface area contributed by atoms with E-state index >= 15 is 0 Å². The van der Waals surface area contributed by atoms with Crippen molar-refractivity contribution < 1.29 is 19.1 Å². The lowest BCUT2D eigenvalue weighted by atomic mass is 10.0. The highest BCUT2D eigenvalue weighted by Crippen LogP contribution is 2.32. The molecule has 33 heavy (non-hydrogen) atoms. The van der Waals surface area contributed by atoms with E-state index in [0.717, 1.165) is 10.9 Å². The fourth-order valence-electron chi connectivity index (χ4n) is 3.73. The lowest BCUT2D eigenvalue weighted by molar-refractivity contribution is -0.117. The third kappa shape index (κ3) is 4.18. The van der Waals surface area contributed by atoms with Crippen LogP contribution in [0.5, 0.6) is 11.5 Å². The summed E-state index contributed by atoms with van der Waals surface area (Å²) in [5.74, 6) is 0.549. The summed E-state index contributed by atoms with van der Waals surface area (Å²) in [6.45, 7) is 1.63. The number of anilines is 1. The Morgan fingerprint density at radius 1 is 0.939 bits per heavy atom. The summed E-state index contributed by atoms with van der Waals surface area (Å²) in [5, 5.41) is 3.73. The first kappa shape index (κ1) is 22.1. The molecule has 0 saturated heterocycles. The van der Waals surface area contributed by atoms with E-state index in [-0.39, 0.29) is 11.7 Å². The Morgan fingerprint density at radius 3 is 2.39 bits per heavy atom. The van der Waals surface area contributed by atoms with E-state index in [1.807, 2.05) is 53.2 Å². The van der Waals surface area contributed by atoms with Crippen molar-refractivity contribution in [3.63, 3.8) is 0 Å². The molecule has 0 fully saturated rings. The molecule has 4 aromatic rings. The van der Waals surface area contributed by atoms with Crippen molar-refractivity contribution >= 4 is 28.3 Å². The number of aromatic nitrogens is 1. The number of ketones is 1. The van der Waals surface area contributed by atoms with E-state index < -0.39 is 6.04 Å². The number of hydrogen-bond donors (Lipinski definition) is 2. The zero-order valence-corrected chi connectivity index (χ0v) is 18.7. The molecule has 1 atom stereocenters. The van der Waals surface area contributed by atoms with Crippen molar-refractivity contribution in [3.05, 3.63) is 84.1 Å². The van der Waals surface area contributed by atoms with Crippen molar-refractivity contribution in [2.75, 3.05) is 19.5 Å². The molecule has 1 heterocycles. The Labute approximate surface area is 191 Å². The fraction of sp³-hybridized carbons (Fsp3) is 0.154. The second-order valence-electron chi connectivity index (χ2n) is 7.62. The van der Waals surface area contributed by atoms with E-state index in [0.29, 0.717) is 34.0 Å². The quantitative estimate of drug-likeness (QED) is 0.418. The second kappa shape index (κ2) is 9.18. The van der Waals surface area contributed by atoms with Crippen LogP contribution in [0.3, 0.4) is 0 Å². The van der Waals surface area contributed by atoms with Gasteiger partial charge in [0.25, 0.3) is 0 Å². The maximum Gasteiger partial charge on any atom is 0.241 e. The van der Waals surface area contributed by atoms with Crippen molar-refractivity contribution in [1.82, 2.24) is 4.57 Å². The Balaban J connectivity index is 1.85. The number of methoxy groups -OCH3 is 2. The number of carbonyl (C=O) groups is 2. The van der Waals surface area contributed by atoms with E-state index in [9.17, 15) is 9.59 Å². The first-order chi connectivity index (χ1) is 15.9. The zero-order chi connectivity index (χ0) is 23.5. The number of ether oxygens (including phenoxy) is 2. The molecular formula is C26H25N3O4. The molecule has 3 N–H and O–H groups in total. The Bertz CT molecular complexity index is 1340. The number of amides is 1. The standard InChI is InChI=1S/C26H25N3O4/c1-16(27)26(31)28-21-15-29(22-10-6-4-8-18(21)22)23-11-7-5-9-19(23)25(30)20-13-12-17(32-2)14-24(20)33-3/h4-16H,27H2,1-3H3,(H,28,31)/t16-/m0/s1. The summed E-state index contributed by atoms with van der Waals surface area (Å²) in [4.78, 5) is 25.9. The molecule has 168 valence electrons. The van der Waals surface area contributed by atoms with Crippen LogP contribution in [0.4, 0.5) is 5.69 Å². The lowest BCUT2D eigenvalue weighted by Crippen LogP contribution is -2.32. The Kier molecular flexibility index (Phi) is 6.15. The average molecular weight is 444 g/mol. The predicted octanol–water partition coefficient (Wildman–Crippen LogP) is 4.16. The monoisotopic (exact) mass is 443 g/mol. The summed E-state index contributed by atoms with van der Waals surface area (Å²) in [7, 11) is 3.08. The van der Waals surface area contributed by atoms with Crippen molar-refractivity contribution in [2.45, 2.75) is 13.0 Å². The Hall–Kier alpha value is -4.10. The zero-order valence-electron chi connectivity index (χ0n) is 18.7. The number of benzene rings is 3. The van der Waals surface area contributed by atoms with Gasteiger partial charge in [0, 0.05) is 23.2 Å². The van der Waals surface area contributed by atoms with Crippen LogP contribution >= 0.6 is 0 Å². The van der Waals surface area contributed by atoms with Gasteiger partial charge in [-0.25, -0.2) is 0 Å². The van der Waals surface area contributed by atoms with Gasteiger partial charge in [-0.3, -0.25) is 9.59 Å². The second-order valence-corrected chi connectivity index (χ2v) is 7.62. The predicted molar refractivity (Wildman–Crippen MR) is 129 cm³/mol. The molecule has 7 nitrogen and oxygen atoms in total. The number of carbonyl (C=O) groups excluding carboxylic acids is 2. The topological polar surface area (TPSA) is 95.6 Å². The largest absolute Gasteiger partial charge is 0.497 e.